The van der Waals surface area contributed by atoms with E-state index in [1.165, 1.54) is 17.1 Å². The number of hydrogen-bond donors (Lipinski definition) is 0. The minimum atomic E-state index is -4.51. The molecular weight excluding hydrogens is 465 g/mol. The molecule has 2 aliphatic rings. The van der Waals surface area contributed by atoms with Gasteiger partial charge >= 0.3 is 6.18 Å². The summed E-state index contributed by atoms with van der Waals surface area (Å²) in [6.07, 6.45) is -4.51. The number of carbonyl (C=O) groups excluding carboxylic acids is 2. The van der Waals surface area contributed by atoms with E-state index >= 15 is 0 Å². The summed E-state index contributed by atoms with van der Waals surface area (Å²) < 4.78 is 44.2. The van der Waals surface area contributed by atoms with Crippen molar-refractivity contribution in [1.82, 2.24) is 15.1 Å². The lowest BCUT2D eigenvalue weighted by atomic mass is 10.0. The fourth-order valence-electron chi connectivity index (χ4n) is 4.03. The number of halogens is 3. The fourth-order valence-corrected chi connectivity index (χ4v) is 4.03. The van der Waals surface area contributed by atoms with Gasteiger partial charge in [-0.1, -0.05) is 48.5 Å². The van der Waals surface area contributed by atoms with Gasteiger partial charge < -0.3 is 4.52 Å². The topological polar surface area (TPSA) is 104 Å². The molecule has 3 heterocycles. The Morgan fingerprint density at radius 3 is 2.49 bits per heavy atom. The lowest BCUT2D eigenvalue weighted by Gasteiger charge is -2.19. The molecule has 2 amide bonds. The molecule has 180 valence electrons. The second-order valence-corrected chi connectivity index (χ2v) is 8.54. The maximum atomic E-state index is 13.1. The molecule has 1 saturated heterocycles. The molecular formula is C23H19F3N6O3. The van der Waals surface area contributed by atoms with Crippen LogP contribution in [0.3, 0.4) is 0 Å². The zero-order chi connectivity index (χ0) is 24.9. The van der Waals surface area contributed by atoms with Gasteiger partial charge in [-0.25, -0.2) is 4.90 Å². The van der Waals surface area contributed by atoms with Crippen LogP contribution in [0, 0.1) is 0 Å². The van der Waals surface area contributed by atoms with E-state index in [1.807, 2.05) is 26.0 Å². The van der Waals surface area contributed by atoms with Gasteiger partial charge in [0, 0.05) is 5.56 Å². The number of rotatable bonds is 5. The van der Waals surface area contributed by atoms with Gasteiger partial charge in [0.15, 0.2) is 12.1 Å². The Bertz CT molecular complexity index is 1320. The number of alkyl halides is 3. The summed E-state index contributed by atoms with van der Waals surface area (Å²) in [6, 6.07) is 9.72. The van der Waals surface area contributed by atoms with E-state index in [0.29, 0.717) is 11.6 Å². The van der Waals surface area contributed by atoms with Crippen molar-refractivity contribution in [3.05, 3.63) is 65.5 Å². The van der Waals surface area contributed by atoms with Gasteiger partial charge in [0.25, 0.3) is 11.8 Å². The molecule has 5 rings (SSSR count). The first-order valence-electron chi connectivity index (χ1n) is 10.8. The van der Waals surface area contributed by atoms with E-state index in [-0.39, 0.29) is 23.8 Å². The second-order valence-electron chi connectivity index (χ2n) is 8.54. The first kappa shape index (κ1) is 22.7. The first-order chi connectivity index (χ1) is 16.6. The molecule has 0 aliphatic carbocycles. The minimum Gasteiger partial charge on any atom is -0.337 e. The number of carbonyl (C=O) groups is 2. The van der Waals surface area contributed by atoms with Crippen LogP contribution in [0.1, 0.15) is 36.8 Å². The highest BCUT2D eigenvalue weighted by atomic mass is 19.4. The van der Waals surface area contributed by atoms with Crippen molar-refractivity contribution < 1.29 is 27.3 Å². The number of benzene rings is 2. The van der Waals surface area contributed by atoms with Crippen LogP contribution in [0.5, 0.6) is 0 Å². The molecule has 9 nitrogen and oxygen atoms in total. The Hall–Kier alpha value is -4.09. The largest absolute Gasteiger partial charge is 0.416 e. The highest BCUT2D eigenvalue weighted by molar-refractivity contribution is 6.25. The zero-order valence-electron chi connectivity index (χ0n) is 18.6. The van der Waals surface area contributed by atoms with Crippen molar-refractivity contribution in [1.29, 1.82) is 0 Å². The molecule has 0 spiro atoms. The number of aromatic nitrogens is 2. The monoisotopic (exact) mass is 484 g/mol. The zero-order valence-corrected chi connectivity index (χ0v) is 18.6. The summed E-state index contributed by atoms with van der Waals surface area (Å²) in [6.45, 7) is 3.94. The highest BCUT2D eigenvalue weighted by Gasteiger charge is 2.55. The maximum absolute atomic E-state index is 13.1. The molecule has 0 radical (unpaired) electrons. The molecule has 12 heteroatoms. The van der Waals surface area contributed by atoms with Gasteiger partial charge in [0.1, 0.15) is 6.54 Å². The van der Waals surface area contributed by atoms with Crippen molar-refractivity contribution in [2.45, 2.75) is 44.6 Å². The average molecular weight is 484 g/mol. The molecule has 3 aromatic rings. The van der Waals surface area contributed by atoms with Gasteiger partial charge in [-0.15, -0.1) is 0 Å². The van der Waals surface area contributed by atoms with Crippen LogP contribution in [0.2, 0.25) is 0 Å². The van der Waals surface area contributed by atoms with E-state index in [1.54, 1.807) is 12.1 Å². The Balaban J connectivity index is 1.34. The van der Waals surface area contributed by atoms with Crippen LogP contribution in [-0.2, 0) is 22.3 Å². The highest BCUT2D eigenvalue weighted by Crippen LogP contribution is 2.34. The minimum absolute atomic E-state index is 0.0111. The third-order valence-electron chi connectivity index (χ3n) is 5.89. The van der Waals surface area contributed by atoms with Crippen LogP contribution in [0.25, 0.3) is 11.4 Å². The summed E-state index contributed by atoms with van der Waals surface area (Å²) in [5.74, 6) is -0.706. The Morgan fingerprint density at radius 2 is 1.80 bits per heavy atom. The number of nitrogens with zero attached hydrogens (tertiary/aromatic N) is 6. The number of fused-ring (bicyclic) bond motifs is 1. The number of imide groups is 1. The fraction of sp³-hybridized carbons (Fsp3) is 0.304. The number of amides is 2. The van der Waals surface area contributed by atoms with E-state index in [4.69, 9.17) is 4.52 Å². The summed E-state index contributed by atoms with van der Waals surface area (Å²) in [7, 11) is 0. The predicted molar refractivity (Wildman–Crippen MR) is 116 cm³/mol. The predicted octanol–water partition coefficient (Wildman–Crippen LogP) is 4.37. The van der Waals surface area contributed by atoms with Crippen LogP contribution in [0.15, 0.2) is 63.4 Å². The van der Waals surface area contributed by atoms with Crippen molar-refractivity contribution >= 4 is 17.5 Å². The normalized spacial score (nSPS) is 19.8. The summed E-state index contributed by atoms with van der Waals surface area (Å²) in [5, 5.41) is 12.9. The standard InChI is InChI=1S/C23H19F3N6O3/c1-12(2)13-6-8-16(9-7-13)32-21(33)18-19(22(32)34)31(30-28-18)11-17-27-20(29-35-17)14-4-3-5-15(10-14)23(24,25)26/h3-10,12,18-19H,11H2,1-2H3/t18-,19+/m0/s1. The van der Waals surface area contributed by atoms with Crippen LogP contribution in [-0.4, -0.2) is 39.0 Å². The van der Waals surface area contributed by atoms with Gasteiger partial charge in [-0.05, 0) is 35.7 Å². The molecule has 0 bridgehead atoms. The lowest BCUT2D eigenvalue weighted by Crippen LogP contribution is -2.39. The van der Waals surface area contributed by atoms with Crippen molar-refractivity contribution in [2.24, 2.45) is 10.3 Å². The molecule has 0 unspecified atom stereocenters. The Kier molecular flexibility index (Phi) is 5.37. The SMILES string of the molecule is CC(C)c1ccc(N2C(=O)[C@H]3N=NN(Cc4nc(-c5cccc(C(F)(F)F)c5)no4)[C@H]3C2=O)cc1. The Labute approximate surface area is 197 Å². The number of anilines is 1. The van der Waals surface area contributed by atoms with E-state index in [2.05, 4.69) is 20.5 Å². The van der Waals surface area contributed by atoms with Gasteiger partial charge in [0.05, 0.1) is 11.3 Å². The third-order valence-corrected chi connectivity index (χ3v) is 5.89. The quantitative estimate of drug-likeness (QED) is 0.498. The first-order valence-corrected chi connectivity index (χ1v) is 10.8. The van der Waals surface area contributed by atoms with Crippen LogP contribution in [0.4, 0.5) is 18.9 Å². The molecule has 0 saturated carbocycles. The van der Waals surface area contributed by atoms with Gasteiger partial charge in [-0.3, -0.25) is 14.6 Å². The van der Waals surface area contributed by atoms with E-state index in [0.717, 1.165) is 22.6 Å². The molecule has 2 aromatic carbocycles. The third kappa shape index (κ3) is 4.04. The summed E-state index contributed by atoms with van der Waals surface area (Å²) in [4.78, 5) is 31.3. The number of hydrogen-bond acceptors (Lipinski definition) is 8. The lowest BCUT2D eigenvalue weighted by molar-refractivity contribution is -0.137. The summed E-state index contributed by atoms with van der Waals surface area (Å²) >= 11 is 0. The average Bonchev–Trinajstić information content (AvgIpc) is 3.52. The molecule has 1 fully saturated rings. The molecule has 35 heavy (non-hydrogen) atoms. The maximum Gasteiger partial charge on any atom is 0.416 e. The second kappa shape index (κ2) is 8.29. The van der Waals surface area contributed by atoms with Gasteiger partial charge in [-0.2, -0.15) is 23.3 Å². The van der Waals surface area contributed by atoms with Crippen molar-refractivity contribution in [3.63, 3.8) is 0 Å². The van der Waals surface area contributed by atoms with E-state index in [9.17, 15) is 22.8 Å². The summed E-state index contributed by atoms with van der Waals surface area (Å²) in [5.41, 5.74) is 0.800. The van der Waals surface area contributed by atoms with Crippen LogP contribution >= 0.6 is 0 Å². The molecule has 0 N–H and O–H groups in total. The molecule has 1 aromatic heterocycles. The smallest absolute Gasteiger partial charge is 0.337 e. The van der Waals surface area contributed by atoms with E-state index < -0.39 is 35.6 Å². The van der Waals surface area contributed by atoms with Crippen molar-refractivity contribution in [3.8, 4) is 11.4 Å². The molecule has 2 atom stereocenters. The van der Waals surface area contributed by atoms with Gasteiger partial charge in [0.2, 0.25) is 11.7 Å². The Morgan fingerprint density at radius 1 is 1.06 bits per heavy atom. The van der Waals surface area contributed by atoms with Crippen LogP contribution < -0.4 is 4.90 Å². The molecule has 2 aliphatic heterocycles. The van der Waals surface area contributed by atoms with Crippen molar-refractivity contribution in [2.75, 3.05) is 4.90 Å².